The fraction of sp³-hybridized carbons (Fsp3) is 0.125. The highest BCUT2D eigenvalue weighted by Gasteiger charge is 2.08. The average Bonchev–Trinajstić information content (AvgIpc) is 2.95. The number of ether oxygens (including phenoxy) is 1. The van der Waals surface area contributed by atoms with Crippen LogP contribution in [0.25, 0.3) is 10.1 Å². The minimum atomic E-state index is 0.126. The van der Waals surface area contributed by atoms with E-state index in [2.05, 4.69) is 50.9 Å². The normalized spacial score (nSPS) is 10.8. The molecule has 108 valence electrons. The summed E-state index contributed by atoms with van der Waals surface area (Å²) >= 11 is 5.08. The summed E-state index contributed by atoms with van der Waals surface area (Å²) in [7, 11) is 1.54. The molecule has 0 aliphatic carbocycles. The number of thiophene rings is 1. The number of fused-ring (bicyclic) bond motifs is 1. The molecule has 21 heavy (non-hydrogen) atoms. The molecule has 2 aromatic carbocycles. The van der Waals surface area contributed by atoms with E-state index in [4.69, 9.17) is 4.74 Å². The predicted octanol–water partition coefficient (Wildman–Crippen LogP) is 4.99. The van der Waals surface area contributed by atoms with E-state index >= 15 is 0 Å². The monoisotopic (exact) mass is 363 g/mol. The van der Waals surface area contributed by atoms with Crippen molar-refractivity contribution < 1.29 is 9.84 Å². The SMILES string of the molecule is COc1cc(CNc2ccc3sccc3c2)cc(Br)c1O. The van der Waals surface area contributed by atoms with Gasteiger partial charge in [-0.25, -0.2) is 0 Å². The van der Waals surface area contributed by atoms with Gasteiger partial charge >= 0.3 is 0 Å². The Labute approximate surface area is 135 Å². The van der Waals surface area contributed by atoms with Gasteiger partial charge in [-0.3, -0.25) is 0 Å². The van der Waals surface area contributed by atoms with E-state index < -0.39 is 0 Å². The molecule has 0 saturated heterocycles. The van der Waals surface area contributed by atoms with Gasteiger partial charge in [0, 0.05) is 16.9 Å². The third-order valence-electron chi connectivity index (χ3n) is 3.26. The number of halogens is 1. The Morgan fingerprint density at radius 2 is 2.10 bits per heavy atom. The molecule has 0 bridgehead atoms. The summed E-state index contributed by atoms with van der Waals surface area (Å²) in [6.07, 6.45) is 0. The number of phenolic OH excluding ortho intramolecular Hbond substituents is 1. The number of hydrogen-bond donors (Lipinski definition) is 2. The number of methoxy groups -OCH3 is 1. The van der Waals surface area contributed by atoms with E-state index in [-0.39, 0.29) is 5.75 Å². The second kappa shape index (κ2) is 5.95. The highest BCUT2D eigenvalue weighted by atomic mass is 79.9. The first-order valence-corrected chi connectivity index (χ1v) is 8.11. The molecule has 0 radical (unpaired) electrons. The first-order chi connectivity index (χ1) is 10.2. The Morgan fingerprint density at radius 1 is 1.24 bits per heavy atom. The molecule has 5 heteroatoms. The van der Waals surface area contributed by atoms with Crippen LogP contribution < -0.4 is 10.1 Å². The van der Waals surface area contributed by atoms with Gasteiger partial charge in [-0.1, -0.05) is 0 Å². The molecule has 3 aromatic rings. The summed E-state index contributed by atoms with van der Waals surface area (Å²) in [5.41, 5.74) is 2.10. The lowest BCUT2D eigenvalue weighted by atomic mass is 10.2. The number of benzene rings is 2. The highest BCUT2D eigenvalue weighted by molar-refractivity contribution is 9.10. The van der Waals surface area contributed by atoms with Gasteiger partial charge in [-0.15, -0.1) is 11.3 Å². The van der Waals surface area contributed by atoms with Crippen LogP contribution in [-0.2, 0) is 6.54 Å². The summed E-state index contributed by atoms with van der Waals surface area (Å²) in [6, 6.07) is 12.2. The van der Waals surface area contributed by atoms with Crippen LogP contribution in [0.15, 0.2) is 46.3 Å². The molecule has 0 atom stereocenters. The van der Waals surface area contributed by atoms with Crippen molar-refractivity contribution in [1.29, 1.82) is 0 Å². The minimum absolute atomic E-state index is 0.126. The maximum absolute atomic E-state index is 9.81. The number of anilines is 1. The van der Waals surface area contributed by atoms with E-state index in [0.29, 0.717) is 16.8 Å². The van der Waals surface area contributed by atoms with Crippen molar-refractivity contribution in [2.24, 2.45) is 0 Å². The number of phenols is 1. The Hall–Kier alpha value is -1.72. The Morgan fingerprint density at radius 3 is 2.90 bits per heavy atom. The molecule has 2 N–H and O–H groups in total. The van der Waals surface area contributed by atoms with Crippen LogP contribution in [0.3, 0.4) is 0 Å². The van der Waals surface area contributed by atoms with Gasteiger partial charge < -0.3 is 15.2 Å². The van der Waals surface area contributed by atoms with E-state index in [1.807, 2.05) is 12.1 Å². The lowest BCUT2D eigenvalue weighted by Crippen LogP contribution is -2.00. The van der Waals surface area contributed by atoms with Crippen molar-refractivity contribution >= 4 is 43.0 Å². The van der Waals surface area contributed by atoms with Gasteiger partial charge in [0.25, 0.3) is 0 Å². The third-order valence-corrected chi connectivity index (χ3v) is 4.76. The molecule has 0 aliphatic heterocycles. The molecule has 0 spiro atoms. The van der Waals surface area contributed by atoms with Gasteiger partial charge in [0.2, 0.25) is 0 Å². The smallest absolute Gasteiger partial charge is 0.172 e. The first-order valence-electron chi connectivity index (χ1n) is 6.44. The van der Waals surface area contributed by atoms with Gasteiger partial charge in [0.1, 0.15) is 0 Å². The second-order valence-electron chi connectivity index (χ2n) is 4.66. The fourth-order valence-corrected chi connectivity index (χ4v) is 3.43. The van der Waals surface area contributed by atoms with Gasteiger partial charge in [-0.05, 0) is 68.7 Å². The van der Waals surface area contributed by atoms with Crippen molar-refractivity contribution in [3.8, 4) is 11.5 Å². The van der Waals surface area contributed by atoms with Crippen LogP contribution in [-0.4, -0.2) is 12.2 Å². The molecule has 0 unspecified atom stereocenters. The topological polar surface area (TPSA) is 41.5 Å². The molecule has 0 fully saturated rings. The van der Waals surface area contributed by atoms with Crippen LogP contribution >= 0.6 is 27.3 Å². The van der Waals surface area contributed by atoms with E-state index in [1.165, 1.54) is 10.1 Å². The molecule has 1 heterocycles. The van der Waals surface area contributed by atoms with Crippen LogP contribution in [0.2, 0.25) is 0 Å². The summed E-state index contributed by atoms with van der Waals surface area (Å²) in [4.78, 5) is 0. The zero-order valence-corrected chi connectivity index (χ0v) is 13.8. The zero-order valence-electron chi connectivity index (χ0n) is 11.4. The highest BCUT2D eigenvalue weighted by Crippen LogP contribution is 2.35. The molecule has 3 rings (SSSR count). The Balaban J connectivity index is 1.79. The van der Waals surface area contributed by atoms with E-state index in [9.17, 15) is 5.11 Å². The van der Waals surface area contributed by atoms with Crippen molar-refractivity contribution in [2.45, 2.75) is 6.54 Å². The zero-order chi connectivity index (χ0) is 14.8. The minimum Gasteiger partial charge on any atom is -0.503 e. The Kier molecular flexibility index (Phi) is 4.03. The van der Waals surface area contributed by atoms with Crippen molar-refractivity contribution in [3.63, 3.8) is 0 Å². The maximum Gasteiger partial charge on any atom is 0.172 e. The number of aromatic hydroxyl groups is 1. The van der Waals surface area contributed by atoms with Gasteiger partial charge in [0.05, 0.1) is 11.6 Å². The average molecular weight is 364 g/mol. The summed E-state index contributed by atoms with van der Waals surface area (Å²) in [5.74, 6) is 0.593. The summed E-state index contributed by atoms with van der Waals surface area (Å²) in [5, 5.41) is 16.5. The van der Waals surface area contributed by atoms with Crippen LogP contribution in [0.5, 0.6) is 11.5 Å². The lowest BCUT2D eigenvalue weighted by Gasteiger charge is -2.11. The number of rotatable bonds is 4. The van der Waals surface area contributed by atoms with Crippen molar-refractivity contribution in [3.05, 3.63) is 51.8 Å². The molecule has 1 aromatic heterocycles. The Bertz CT molecular complexity index is 785. The maximum atomic E-state index is 9.81. The molecule has 0 saturated carbocycles. The first kappa shape index (κ1) is 14.2. The van der Waals surface area contributed by atoms with Crippen molar-refractivity contribution in [1.82, 2.24) is 0 Å². The largest absolute Gasteiger partial charge is 0.503 e. The quantitative estimate of drug-likeness (QED) is 0.685. The second-order valence-corrected chi connectivity index (χ2v) is 6.46. The van der Waals surface area contributed by atoms with E-state index in [0.717, 1.165) is 11.3 Å². The molecule has 3 nitrogen and oxygen atoms in total. The number of hydrogen-bond acceptors (Lipinski definition) is 4. The summed E-state index contributed by atoms with van der Waals surface area (Å²) < 4.78 is 7.08. The van der Waals surface area contributed by atoms with E-state index in [1.54, 1.807) is 18.4 Å². The van der Waals surface area contributed by atoms with Crippen LogP contribution in [0.1, 0.15) is 5.56 Å². The lowest BCUT2D eigenvalue weighted by molar-refractivity contribution is 0.371. The van der Waals surface area contributed by atoms with Gasteiger partial charge in [-0.2, -0.15) is 0 Å². The fourth-order valence-electron chi connectivity index (χ4n) is 2.17. The standard InChI is InChI=1S/C16H14BrNO2S/c1-20-14-7-10(6-13(17)16(14)19)9-18-12-2-3-15-11(8-12)4-5-21-15/h2-8,18-19H,9H2,1H3. The molecular weight excluding hydrogens is 350 g/mol. The molecular formula is C16H14BrNO2S. The molecule has 0 aliphatic rings. The predicted molar refractivity (Wildman–Crippen MR) is 91.5 cm³/mol. The molecule has 0 amide bonds. The van der Waals surface area contributed by atoms with Crippen molar-refractivity contribution in [2.75, 3.05) is 12.4 Å². The van der Waals surface area contributed by atoms with Crippen LogP contribution in [0.4, 0.5) is 5.69 Å². The van der Waals surface area contributed by atoms with Crippen LogP contribution in [0, 0.1) is 0 Å². The number of nitrogens with one attached hydrogen (secondary N) is 1. The third kappa shape index (κ3) is 2.99. The van der Waals surface area contributed by atoms with Gasteiger partial charge in [0.15, 0.2) is 11.5 Å². The summed E-state index contributed by atoms with van der Waals surface area (Å²) in [6.45, 7) is 0.658.